The van der Waals surface area contributed by atoms with E-state index < -0.39 is 86.3 Å². The van der Waals surface area contributed by atoms with E-state index in [0.717, 1.165) is 0 Å². The van der Waals surface area contributed by atoms with Gasteiger partial charge in [0.25, 0.3) is 0 Å². The minimum absolute atomic E-state index is 0.0590. The molecule has 204 valence electrons. The van der Waals surface area contributed by atoms with Crippen molar-refractivity contribution in [2.75, 3.05) is 37.9 Å². The van der Waals surface area contributed by atoms with E-state index in [1.54, 1.807) is 0 Å². The molecule has 0 radical (unpaired) electrons. The number of carbonyl (C=O) groups excluding carboxylic acids is 2. The summed E-state index contributed by atoms with van der Waals surface area (Å²) < 4.78 is 0. The van der Waals surface area contributed by atoms with Gasteiger partial charge < -0.3 is 51.1 Å². The van der Waals surface area contributed by atoms with Crippen LogP contribution in [0.5, 0.6) is 0 Å². The molecule has 2 amide bonds. The summed E-state index contributed by atoms with van der Waals surface area (Å²) in [5, 5.41) is 100. The number of hydrazone groups is 2. The van der Waals surface area contributed by atoms with Gasteiger partial charge in [-0.05, 0) is 0 Å². The van der Waals surface area contributed by atoms with Crippen LogP contribution in [0, 0.1) is 0 Å². The maximum absolute atomic E-state index is 11.8. The Kier molecular flexibility index (Phi) is 17.6. The van der Waals surface area contributed by atoms with Crippen LogP contribution in [0.1, 0.15) is 12.8 Å². The van der Waals surface area contributed by atoms with Crippen LogP contribution in [0.25, 0.3) is 0 Å². The molecule has 0 aliphatic carbocycles. The lowest BCUT2D eigenvalue weighted by molar-refractivity contribution is -0.121. The Morgan fingerprint density at radius 2 is 1.00 bits per heavy atom. The molecule has 17 heteroatoms. The van der Waals surface area contributed by atoms with E-state index in [-0.39, 0.29) is 24.3 Å². The Labute approximate surface area is 204 Å². The highest BCUT2D eigenvalue weighted by molar-refractivity contribution is 7.99. The number of rotatable bonds is 18. The molecule has 12 N–H and O–H groups in total. The molecule has 35 heavy (non-hydrogen) atoms. The van der Waals surface area contributed by atoms with E-state index in [0.29, 0.717) is 0 Å². The first-order valence-electron chi connectivity index (χ1n) is 10.3. The van der Waals surface area contributed by atoms with Crippen LogP contribution in [0.15, 0.2) is 10.2 Å². The van der Waals surface area contributed by atoms with Gasteiger partial charge in [-0.15, -0.1) is 0 Å². The number of nitrogens with zero attached hydrogens (tertiary/aromatic N) is 2. The number of aliphatic hydroxyl groups is 10. The van der Waals surface area contributed by atoms with E-state index in [1.807, 2.05) is 0 Å². The van der Waals surface area contributed by atoms with Crippen LogP contribution in [0.2, 0.25) is 0 Å². The van der Waals surface area contributed by atoms with Crippen molar-refractivity contribution in [1.29, 1.82) is 0 Å². The number of thioether (sulfide) groups is 1. The van der Waals surface area contributed by atoms with E-state index >= 15 is 0 Å². The molecule has 6 unspecified atom stereocenters. The number of hydrogen-bond donors (Lipinski definition) is 12. The van der Waals surface area contributed by atoms with Gasteiger partial charge in [0.1, 0.15) is 36.6 Å². The van der Waals surface area contributed by atoms with Gasteiger partial charge in [0.15, 0.2) is 0 Å². The van der Waals surface area contributed by atoms with Gasteiger partial charge in [0.05, 0.1) is 37.9 Å². The molecular weight excluding hydrogens is 496 g/mol. The summed E-state index contributed by atoms with van der Waals surface area (Å²) in [6.45, 7) is -3.35. The third kappa shape index (κ3) is 12.7. The minimum atomic E-state index is -1.83. The first-order chi connectivity index (χ1) is 16.5. The summed E-state index contributed by atoms with van der Waals surface area (Å²) >= 11 is 1.21. The summed E-state index contributed by atoms with van der Waals surface area (Å²) in [7, 11) is 0. The number of carbonyl (C=O) groups is 2. The number of aliphatic hydroxyl groups excluding tert-OH is 10. The molecule has 6 atom stereocenters. The van der Waals surface area contributed by atoms with Crippen molar-refractivity contribution in [3.63, 3.8) is 0 Å². The topological polar surface area (TPSA) is 285 Å². The van der Waals surface area contributed by atoms with Crippen molar-refractivity contribution in [3.05, 3.63) is 0 Å². The summed E-state index contributed by atoms with van der Waals surface area (Å²) in [4.78, 5) is 23.6. The summed E-state index contributed by atoms with van der Waals surface area (Å²) in [6.07, 6.45) is -10.8. The van der Waals surface area contributed by atoms with Gasteiger partial charge in [-0.25, -0.2) is 10.9 Å². The SMILES string of the molecule is O=C(CCSCCC(=O)NN=C(CO)C(O)C(O)C(O)CO)NN=C(CO)C(O)C(O)C(O)CO. The predicted molar refractivity (Wildman–Crippen MR) is 122 cm³/mol. The Bertz CT molecular complexity index is 642. The first kappa shape index (κ1) is 33.2. The molecule has 0 bridgehead atoms. The Balaban J connectivity index is 4.40. The highest BCUT2D eigenvalue weighted by atomic mass is 32.2. The third-order valence-corrected chi connectivity index (χ3v) is 5.40. The maximum atomic E-state index is 11.8. The van der Waals surface area contributed by atoms with Gasteiger partial charge in [-0.1, -0.05) is 0 Å². The average Bonchev–Trinajstić information content (AvgIpc) is 2.86. The highest BCUT2D eigenvalue weighted by Gasteiger charge is 2.29. The average molecular weight is 531 g/mol. The summed E-state index contributed by atoms with van der Waals surface area (Å²) in [5.41, 5.74) is 3.25. The van der Waals surface area contributed by atoms with E-state index in [2.05, 4.69) is 21.1 Å². The van der Waals surface area contributed by atoms with Crippen molar-refractivity contribution < 1.29 is 60.7 Å². The first-order valence-corrected chi connectivity index (χ1v) is 11.5. The number of amides is 2. The molecule has 0 fully saturated rings. The molecule has 0 heterocycles. The molecule has 16 nitrogen and oxygen atoms in total. The Morgan fingerprint density at radius 1 is 0.657 bits per heavy atom. The van der Waals surface area contributed by atoms with Gasteiger partial charge in [0.2, 0.25) is 11.8 Å². The molecule has 0 saturated heterocycles. The van der Waals surface area contributed by atoms with Crippen LogP contribution in [0.3, 0.4) is 0 Å². The third-order valence-electron chi connectivity index (χ3n) is 4.41. The maximum Gasteiger partial charge on any atom is 0.240 e. The van der Waals surface area contributed by atoms with Crippen LogP contribution in [-0.2, 0) is 9.59 Å². The van der Waals surface area contributed by atoms with Gasteiger partial charge in [0, 0.05) is 24.3 Å². The smallest absolute Gasteiger partial charge is 0.240 e. The molecule has 0 aliphatic rings. The minimum Gasteiger partial charge on any atom is -0.394 e. The van der Waals surface area contributed by atoms with E-state index in [4.69, 9.17) is 10.2 Å². The zero-order chi connectivity index (χ0) is 27.0. The van der Waals surface area contributed by atoms with Crippen LogP contribution >= 0.6 is 11.8 Å². The van der Waals surface area contributed by atoms with Crippen molar-refractivity contribution >= 4 is 35.0 Å². The zero-order valence-electron chi connectivity index (χ0n) is 18.7. The lowest BCUT2D eigenvalue weighted by Gasteiger charge is -2.21. The summed E-state index contributed by atoms with van der Waals surface area (Å²) in [5.74, 6) is -0.696. The fourth-order valence-electron chi connectivity index (χ4n) is 2.23. The fraction of sp³-hybridized carbons (Fsp3) is 0.778. The second kappa shape index (κ2) is 18.5. The van der Waals surface area contributed by atoms with Crippen molar-refractivity contribution in [3.8, 4) is 0 Å². The van der Waals surface area contributed by atoms with E-state index in [9.17, 15) is 50.4 Å². The standard InChI is InChI=1S/C18H34N4O12S/c23-5-9(15(31)17(33)11(27)7-25)19-21-13(29)1-3-35-4-2-14(30)22-20-10(6-24)16(32)18(34)12(28)8-26/h11-12,15-18,23-28,31-34H,1-8H2,(H,21,29)(H,22,30). The van der Waals surface area contributed by atoms with Crippen molar-refractivity contribution in [2.45, 2.75) is 49.5 Å². The monoisotopic (exact) mass is 530 g/mol. The van der Waals surface area contributed by atoms with Gasteiger partial charge >= 0.3 is 0 Å². The molecule has 0 aliphatic heterocycles. The lowest BCUT2D eigenvalue weighted by atomic mass is 10.0. The second-order valence-electron chi connectivity index (χ2n) is 7.08. The molecule has 0 rings (SSSR count). The quantitative estimate of drug-likeness (QED) is 0.0446. The molecule has 0 aromatic carbocycles. The normalized spacial score (nSPS) is 17.8. The molecule has 0 spiro atoms. The summed E-state index contributed by atoms with van der Waals surface area (Å²) in [6, 6.07) is 0. The van der Waals surface area contributed by atoms with Crippen LogP contribution < -0.4 is 10.9 Å². The second-order valence-corrected chi connectivity index (χ2v) is 8.30. The largest absolute Gasteiger partial charge is 0.394 e. The van der Waals surface area contributed by atoms with Crippen LogP contribution in [-0.4, -0.2) is 149 Å². The Morgan fingerprint density at radius 3 is 1.29 bits per heavy atom. The number of nitrogens with one attached hydrogen (secondary N) is 2. The van der Waals surface area contributed by atoms with Crippen molar-refractivity contribution in [1.82, 2.24) is 10.9 Å². The molecule has 0 aromatic heterocycles. The Hall–Kier alpha value is -1.77. The fourth-order valence-corrected chi connectivity index (χ4v) is 3.10. The molecular formula is C18H34N4O12S. The number of hydrogen-bond acceptors (Lipinski definition) is 15. The lowest BCUT2D eigenvalue weighted by Crippen LogP contribution is -2.45. The van der Waals surface area contributed by atoms with Gasteiger partial charge in [-0.3, -0.25) is 9.59 Å². The zero-order valence-corrected chi connectivity index (χ0v) is 19.5. The van der Waals surface area contributed by atoms with Gasteiger partial charge in [-0.2, -0.15) is 22.0 Å². The molecule has 0 saturated carbocycles. The van der Waals surface area contributed by atoms with E-state index in [1.165, 1.54) is 11.8 Å². The molecule has 0 aromatic rings. The highest BCUT2D eigenvalue weighted by Crippen LogP contribution is 2.06. The predicted octanol–water partition coefficient (Wildman–Crippen LogP) is -6.42. The van der Waals surface area contributed by atoms with Crippen LogP contribution in [0.4, 0.5) is 0 Å². The van der Waals surface area contributed by atoms with Crippen molar-refractivity contribution in [2.24, 2.45) is 10.2 Å².